The van der Waals surface area contributed by atoms with Crippen molar-refractivity contribution in [3.63, 3.8) is 0 Å². The van der Waals surface area contributed by atoms with Crippen molar-refractivity contribution in [2.45, 2.75) is 45.8 Å². The first-order chi connectivity index (χ1) is 8.37. The van der Waals surface area contributed by atoms with Gasteiger partial charge in [-0.15, -0.1) is 0 Å². The quantitative estimate of drug-likeness (QED) is 0.638. The lowest BCUT2D eigenvalue weighted by Crippen LogP contribution is -2.49. The maximum absolute atomic E-state index is 12.0. The van der Waals surface area contributed by atoms with Gasteiger partial charge in [-0.2, -0.15) is 0 Å². The molecule has 0 fully saturated rings. The summed E-state index contributed by atoms with van der Waals surface area (Å²) in [6.45, 7) is 9.80. The monoisotopic (exact) mass is 260 g/mol. The Kier molecular flexibility index (Phi) is 8.15. The summed E-state index contributed by atoms with van der Waals surface area (Å²) in [4.78, 5) is 13.8. The lowest BCUT2D eigenvalue weighted by Gasteiger charge is -2.28. The first-order valence-electron chi connectivity index (χ1n) is 6.61. The number of rotatable bonds is 9. The molecule has 0 aliphatic carbocycles. The lowest BCUT2D eigenvalue weighted by atomic mass is 10.0. The van der Waals surface area contributed by atoms with Crippen LogP contribution in [-0.2, 0) is 9.53 Å². The fourth-order valence-electron chi connectivity index (χ4n) is 1.68. The highest BCUT2D eigenvalue weighted by atomic mass is 16.5. The molecule has 0 aromatic carbocycles. The molecule has 0 saturated carbocycles. The molecule has 0 bridgehead atoms. The van der Waals surface area contributed by atoms with E-state index in [1.54, 1.807) is 18.9 Å². The number of carbonyl (C=O) groups excluding carboxylic acids is 1. The molecule has 0 heterocycles. The van der Waals surface area contributed by atoms with Crippen molar-refractivity contribution in [2.24, 2.45) is 0 Å². The van der Waals surface area contributed by atoms with Crippen molar-refractivity contribution in [1.82, 2.24) is 10.2 Å². The van der Waals surface area contributed by atoms with E-state index in [0.717, 1.165) is 0 Å². The smallest absolute Gasteiger partial charge is 0.239 e. The highest BCUT2D eigenvalue weighted by molar-refractivity contribution is 5.81. The Morgan fingerprint density at radius 1 is 1.44 bits per heavy atom. The van der Waals surface area contributed by atoms with Gasteiger partial charge in [0.1, 0.15) is 0 Å². The average molecular weight is 260 g/mol. The Labute approximate surface area is 110 Å². The molecule has 2 atom stereocenters. The van der Waals surface area contributed by atoms with Gasteiger partial charge in [-0.05, 0) is 27.7 Å². The van der Waals surface area contributed by atoms with E-state index in [1.165, 1.54) is 0 Å². The molecule has 0 aliphatic rings. The number of likely N-dealkylation sites (N-methyl/N-ethyl adjacent to an activating group) is 1. The second kappa shape index (κ2) is 8.45. The van der Waals surface area contributed by atoms with E-state index in [0.29, 0.717) is 32.7 Å². The summed E-state index contributed by atoms with van der Waals surface area (Å²) in [5.41, 5.74) is -0.853. The van der Waals surface area contributed by atoms with Crippen LogP contribution in [0.15, 0.2) is 0 Å². The van der Waals surface area contributed by atoms with Crippen LogP contribution in [0.2, 0.25) is 0 Å². The average Bonchev–Trinajstić information content (AvgIpc) is 2.35. The fourth-order valence-corrected chi connectivity index (χ4v) is 1.68. The van der Waals surface area contributed by atoms with E-state index in [9.17, 15) is 9.90 Å². The molecule has 108 valence electrons. The van der Waals surface area contributed by atoms with E-state index in [4.69, 9.17) is 4.74 Å². The predicted molar refractivity (Wildman–Crippen MR) is 72.5 cm³/mol. The molecule has 0 rings (SSSR count). The van der Waals surface area contributed by atoms with Gasteiger partial charge in [0, 0.05) is 39.8 Å². The van der Waals surface area contributed by atoms with Crippen LogP contribution in [0.4, 0.5) is 0 Å². The zero-order valence-electron chi connectivity index (χ0n) is 12.3. The molecule has 0 radical (unpaired) electrons. The third-order valence-electron chi connectivity index (χ3n) is 3.08. The molecule has 0 aromatic rings. The Hall–Kier alpha value is -0.650. The Balaban J connectivity index is 4.15. The minimum absolute atomic E-state index is 0.0718. The summed E-state index contributed by atoms with van der Waals surface area (Å²) >= 11 is 0. The van der Waals surface area contributed by atoms with Crippen molar-refractivity contribution >= 4 is 5.91 Å². The summed E-state index contributed by atoms with van der Waals surface area (Å²) in [6, 6.07) is -0.279. The molecule has 18 heavy (non-hydrogen) atoms. The summed E-state index contributed by atoms with van der Waals surface area (Å²) < 4.78 is 4.94. The summed E-state index contributed by atoms with van der Waals surface area (Å²) in [5.74, 6) is 0.0718. The second-order valence-corrected chi connectivity index (χ2v) is 4.85. The number of hydrogen-bond donors (Lipinski definition) is 2. The van der Waals surface area contributed by atoms with E-state index in [1.807, 2.05) is 20.8 Å². The number of methoxy groups -OCH3 is 1. The van der Waals surface area contributed by atoms with Crippen LogP contribution in [0, 0.1) is 0 Å². The molecule has 1 amide bonds. The zero-order chi connectivity index (χ0) is 14.2. The van der Waals surface area contributed by atoms with E-state index in [-0.39, 0.29) is 11.9 Å². The van der Waals surface area contributed by atoms with Gasteiger partial charge in [0.2, 0.25) is 5.91 Å². The summed E-state index contributed by atoms with van der Waals surface area (Å²) in [5, 5.41) is 13.1. The first kappa shape index (κ1) is 17.4. The van der Waals surface area contributed by atoms with Gasteiger partial charge in [0.15, 0.2) is 0 Å². The van der Waals surface area contributed by atoms with Gasteiger partial charge in [-0.3, -0.25) is 4.79 Å². The third-order valence-corrected chi connectivity index (χ3v) is 3.08. The SMILES string of the molecule is CCN(CC)C(=O)C(C)NCC(C)(O)CCOC. The molecule has 5 heteroatoms. The van der Waals surface area contributed by atoms with Crippen LogP contribution < -0.4 is 5.32 Å². The van der Waals surface area contributed by atoms with Crippen molar-refractivity contribution in [2.75, 3.05) is 33.4 Å². The first-order valence-corrected chi connectivity index (χ1v) is 6.61. The second-order valence-electron chi connectivity index (χ2n) is 4.85. The molecule has 5 nitrogen and oxygen atoms in total. The number of ether oxygens (including phenoxy) is 1. The van der Waals surface area contributed by atoms with Crippen LogP contribution in [0.1, 0.15) is 34.1 Å². The van der Waals surface area contributed by atoms with Crippen LogP contribution in [-0.4, -0.2) is 60.9 Å². The van der Waals surface area contributed by atoms with Gasteiger partial charge in [-0.25, -0.2) is 0 Å². The van der Waals surface area contributed by atoms with Crippen LogP contribution in [0.25, 0.3) is 0 Å². The van der Waals surface area contributed by atoms with E-state index < -0.39 is 5.60 Å². The highest BCUT2D eigenvalue weighted by Gasteiger charge is 2.24. The number of hydrogen-bond acceptors (Lipinski definition) is 4. The van der Waals surface area contributed by atoms with Crippen molar-refractivity contribution in [3.8, 4) is 0 Å². The third kappa shape index (κ3) is 6.33. The van der Waals surface area contributed by atoms with Crippen molar-refractivity contribution in [1.29, 1.82) is 0 Å². The number of nitrogens with zero attached hydrogens (tertiary/aromatic N) is 1. The predicted octanol–water partition coefficient (Wildman–Crippen LogP) is 0.620. The highest BCUT2D eigenvalue weighted by Crippen LogP contribution is 2.08. The van der Waals surface area contributed by atoms with Crippen molar-refractivity contribution < 1.29 is 14.6 Å². The molecule has 0 aliphatic heterocycles. The largest absolute Gasteiger partial charge is 0.389 e. The van der Waals surface area contributed by atoms with Crippen LogP contribution >= 0.6 is 0 Å². The number of amides is 1. The minimum Gasteiger partial charge on any atom is -0.389 e. The van der Waals surface area contributed by atoms with Gasteiger partial charge in [0.25, 0.3) is 0 Å². The number of carbonyl (C=O) groups is 1. The summed E-state index contributed by atoms with van der Waals surface area (Å²) in [6.07, 6.45) is 0.544. The lowest BCUT2D eigenvalue weighted by molar-refractivity contribution is -0.132. The molecule has 2 unspecified atom stereocenters. The van der Waals surface area contributed by atoms with E-state index >= 15 is 0 Å². The standard InChI is InChI=1S/C13H28N2O3/c1-6-15(7-2)12(16)11(3)14-10-13(4,17)8-9-18-5/h11,14,17H,6-10H2,1-5H3. The summed E-state index contributed by atoms with van der Waals surface area (Å²) in [7, 11) is 1.61. The topological polar surface area (TPSA) is 61.8 Å². The molecule has 0 spiro atoms. The Bertz CT molecular complexity index is 240. The minimum atomic E-state index is -0.853. The molecule has 2 N–H and O–H groups in total. The molecular weight excluding hydrogens is 232 g/mol. The maximum Gasteiger partial charge on any atom is 0.239 e. The van der Waals surface area contributed by atoms with Gasteiger partial charge >= 0.3 is 0 Å². The fraction of sp³-hybridized carbons (Fsp3) is 0.923. The number of nitrogens with one attached hydrogen (secondary N) is 1. The molecule has 0 aromatic heterocycles. The maximum atomic E-state index is 12.0. The van der Waals surface area contributed by atoms with E-state index in [2.05, 4.69) is 5.32 Å². The van der Waals surface area contributed by atoms with Gasteiger partial charge in [-0.1, -0.05) is 0 Å². The van der Waals surface area contributed by atoms with Gasteiger partial charge < -0.3 is 20.1 Å². The Morgan fingerprint density at radius 3 is 2.44 bits per heavy atom. The zero-order valence-corrected chi connectivity index (χ0v) is 12.3. The van der Waals surface area contributed by atoms with Crippen molar-refractivity contribution in [3.05, 3.63) is 0 Å². The normalized spacial score (nSPS) is 16.1. The van der Waals surface area contributed by atoms with Crippen LogP contribution in [0.3, 0.4) is 0 Å². The molecule has 0 saturated heterocycles. The van der Waals surface area contributed by atoms with Gasteiger partial charge in [0.05, 0.1) is 11.6 Å². The Morgan fingerprint density at radius 2 is 2.00 bits per heavy atom. The molecular formula is C13H28N2O3. The number of aliphatic hydroxyl groups is 1. The van der Waals surface area contributed by atoms with Crippen LogP contribution in [0.5, 0.6) is 0 Å².